The predicted octanol–water partition coefficient (Wildman–Crippen LogP) is 3.61. The Labute approximate surface area is 187 Å². The zero-order chi connectivity index (χ0) is 22.7. The first-order valence-electron chi connectivity index (χ1n) is 10.7. The third-order valence-corrected chi connectivity index (χ3v) is 6.80. The van der Waals surface area contributed by atoms with E-state index in [9.17, 15) is 13.2 Å². The Bertz CT molecular complexity index is 1200. The van der Waals surface area contributed by atoms with Crippen molar-refractivity contribution in [1.82, 2.24) is 19.9 Å². The average Bonchev–Trinajstić information content (AvgIpc) is 3.43. The molecule has 0 atom stereocenters. The van der Waals surface area contributed by atoms with Crippen molar-refractivity contribution in [2.75, 3.05) is 5.32 Å². The van der Waals surface area contributed by atoms with Crippen LogP contribution in [0.3, 0.4) is 0 Å². The summed E-state index contributed by atoms with van der Waals surface area (Å²) in [5.41, 5.74) is 2.30. The smallest absolute Gasteiger partial charge is 0.240 e. The maximum Gasteiger partial charge on any atom is 0.240 e. The van der Waals surface area contributed by atoms with Gasteiger partial charge in [-0.25, -0.2) is 18.1 Å². The van der Waals surface area contributed by atoms with Crippen molar-refractivity contribution in [2.24, 2.45) is 0 Å². The van der Waals surface area contributed by atoms with Crippen LogP contribution < -0.4 is 10.0 Å². The van der Waals surface area contributed by atoms with Crippen LogP contribution in [0.25, 0.3) is 11.4 Å². The van der Waals surface area contributed by atoms with Crippen molar-refractivity contribution in [2.45, 2.75) is 56.4 Å². The topological polar surface area (TPSA) is 117 Å². The molecule has 1 aliphatic carbocycles. The standard InChI is InChI=1S/C23H27N5O3S/c1-15(2)22-25-23(27-26-22)19-5-3-4-6-20(19)24-21(29)14-9-16-7-12-18(13-8-16)32(30,31)28-17-10-11-17/h3-8,12-13,15,17,28H,9-11,14H2,1-2H3,(H,24,29)(H,25,26,27). The lowest BCUT2D eigenvalue weighted by atomic mass is 10.1. The van der Waals surface area contributed by atoms with Crippen LogP contribution in [-0.2, 0) is 21.2 Å². The number of hydrogen-bond acceptors (Lipinski definition) is 5. The molecule has 1 aromatic heterocycles. The minimum absolute atomic E-state index is 0.0693. The van der Waals surface area contributed by atoms with E-state index in [1.807, 2.05) is 38.1 Å². The molecule has 168 valence electrons. The number of carbonyl (C=O) groups is 1. The van der Waals surface area contributed by atoms with Crippen LogP contribution in [-0.4, -0.2) is 35.5 Å². The second kappa shape index (κ2) is 9.22. The van der Waals surface area contributed by atoms with Gasteiger partial charge in [0.1, 0.15) is 5.82 Å². The molecule has 0 unspecified atom stereocenters. The van der Waals surface area contributed by atoms with Crippen LogP contribution in [0.1, 0.15) is 50.4 Å². The van der Waals surface area contributed by atoms with Gasteiger partial charge in [-0.2, -0.15) is 5.10 Å². The van der Waals surface area contributed by atoms with Gasteiger partial charge >= 0.3 is 0 Å². The van der Waals surface area contributed by atoms with Gasteiger partial charge in [0.05, 0.1) is 10.6 Å². The first-order chi connectivity index (χ1) is 15.3. The fourth-order valence-electron chi connectivity index (χ4n) is 3.23. The van der Waals surface area contributed by atoms with E-state index < -0.39 is 10.0 Å². The number of rotatable bonds is 9. The number of nitrogens with zero attached hydrogens (tertiary/aromatic N) is 2. The van der Waals surface area contributed by atoms with Crippen LogP contribution in [0.15, 0.2) is 53.4 Å². The number of amides is 1. The van der Waals surface area contributed by atoms with Gasteiger partial charge in [0, 0.05) is 23.9 Å². The van der Waals surface area contributed by atoms with Crippen LogP contribution in [0.4, 0.5) is 5.69 Å². The molecule has 3 aromatic rings. The number of carbonyl (C=O) groups excluding carboxylic acids is 1. The molecular formula is C23H27N5O3S. The first kappa shape index (κ1) is 22.2. The lowest BCUT2D eigenvalue weighted by Gasteiger charge is -2.10. The van der Waals surface area contributed by atoms with Gasteiger partial charge in [-0.05, 0) is 49.1 Å². The molecule has 1 aliphatic rings. The first-order valence-corrected chi connectivity index (χ1v) is 12.2. The highest BCUT2D eigenvalue weighted by atomic mass is 32.2. The van der Waals surface area contributed by atoms with E-state index in [0.29, 0.717) is 17.9 Å². The van der Waals surface area contributed by atoms with E-state index >= 15 is 0 Å². The second-order valence-corrected chi connectivity index (χ2v) is 10.0. The summed E-state index contributed by atoms with van der Waals surface area (Å²) in [5, 5.41) is 10.2. The SMILES string of the molecule is CC(C)c1nc(-c2ccccc2NC(=O)CCc2ccc(S(=O)(=O)NC3CC3)cc2)n[nH]1. The largest absolute Gasteiger partial charge is 0.325 e. The van der Waals surface area contributed by atoms with Gasteiger partial charge in [-0.3, -0.25) is 9.89 Å². The zero-order valence-corrected chi connectivity index (χ0v) is 18.9. The lowest BCUT2D eigenvalue weighted by molar-refractivity contribution is -0.116. The summed E-state index contributed by atoms with van der Waals surface area (Å²) in [5.74, 6) is 1.42. The van der Waals surface area contributed by atoms with E-state index in [0.717, 1.165) is 29.8 Å². The number of aromatic nitrogens is 3. The molecule has 0 spiro atoms. The molecule has 0 radical (unpaired) electrons. The monoisotopic (exact) mass is 453 g/mol. The summed E-state index contributed by atoms with van der Waals surface area (Å²) in [4.78, 5) is 17.3. The Morgan fingerprint density at radius 2 is 1.84 bits per heavy atom. The van der Waals surface area contributed by atoms with E-state index in [1.165, 1.54) is 0 Å². The normalized spacial score (nSPS) is 14.0. The fourth-order valence-corrected chi connectivity index (χ4v) is 4.54. The molecule has 9 heteroatoms. The number of benzene rings is 2. The van der Waals surface area contributed by atoms with E-state index in [1.54, 1.807) is 24.3 Å². The van der Waals surface area contributed by atoms with Gasteiger partial charge in [0.15, 0.2) is 5.82 Å². The molecule has 1 amide bonds. The number of aryl methyl sites for hydroxylation is 1. The number of sulfonamides is 1. The maximum absolute atomic E-state index is 12.6. The summed E-state index contributed by atoms with van der Waals surface area (Å²) in [6, 6.07) is 14.2. The van der Waals surface area contributed by atoms with E-state index in [4.69, 9.17) is 0 Å². The lowest BCUT2D eigenvalue weighted by Crippen LogP contribution is -2.25. The van der Waals surface area contributed by atoms with Gasteiger partial charge < -0.3 is 5.32 Å². The number of aromatic amines is 1. The van der Waals surface area contributed by atoms with Crippen molar-refractivity contribution >= 4 is 21.6 Å². The van der Waals surface area contributed by atoms with Gasteiger partial charge in [-0.15, -0.1) is 0 Å². The summed E-state index contributed by atoms with van der Waals surface area (Å²) in [6.07, 6.45) is 2.56. The highest BCUT2D eigenvalue weighted by Gasteiger charge is 2.27. The summed E-state index contributed by atoms with van der Waals surface area (Å²) in [6.45, 7) is 4.06. The highest BCUT2D eigenvalue weighted by Crippen LogP contribution is 2.26. The number of anilines is 1. The number of para-hydroxylation sites is 1. The van der Waals surface area contributed by atoms with Gasteiger partial charge in [0.2, 0.25) is 15.9 Å². The average molecular weight is 454 g/mol. The van der Waals surface area contributed by atoms with E-state index in [-0.39, 0.29) is 29.2 Å². The Balaban J connectivity index is 1.37. The zero-order valence-electron chi connectivity index (χ0n) is 18.1. The predicted molar refractivity (Wildman–Crippen MR) is 123 cm³/mol. The Hall–Kier alpha value is -3.04. The van der Waals surface area contributed by atoms with Gasteiger partial charge in [-0.1, -0.05) is 38.1 Å². The van der Waals surface area contributed by atoms with Gasteiger partial charge in [0.25, 0.3) is 0 Å². The third kappa shape index (κ3) is 5.41. The Morgan fingerprint density at radius 3 is 2.50 bits per heavy atom. The molecule has 32 heavy (non-hydrogen) atoms. The Morgan fingerprint density at radius 1 is 1.12 bits per heavy atom. The molecule has 1 saturated carbocycles. The molecule has 0 bridgehead atoms. The van der Waals surface area contributed by atoms with Crippen molar-refractivity contribution in [3.63, 3.8) is 0 Å². The molecule has 0 saturated heterocycles. The fraction of sp³-hybridized carbons (Fsp3) is 0.348. The third-order valence-electron chi connectivity index (χ3n) is 5.27. The minimum Gasteiger partial charge on any atom is -0.325 e. The maximum atomic E-state index is 12.6. The quantitative estimate of drug-likeness (QED) is 0.458. The van der Waals surface area contributed by atoms with Crippen LogP contribution >= 0.6 is 0 Å². The summed E-state index contributed by atoms with van der Waals surface area (Å²) in [7, 11) is -3.46. The molecule has 0 aliphatic heterocycles. The number of hydrogen-bond donors (Lipinski definition) is 3. The molecule has 1 fully saturated rings. The van der Waals surface area contributed by atoms with Crippen molar-refractivity contribution in [3.05, 3.63) is 59.9 Å². The highest BCUT2D eigenvalue weighted by molar-refractivity contribution is 7.89. The summed E-state index contributed by atoms with van der Waals surface area (Å²) < 4.78 is 27.2. The van der Waals surface area contributed by atoms with Crippen LogP contribution in [0.2, 0.25) is 0 Å². The summed E-state index contributed by atoms with van der Waals surface area (Å²) >= 11 is 0. The molecular weight excluding hydrogens is 426 g/mol. The van der Waals surface area contributed by atoms with Crippen molar-refractivity contribution in [1.29, 1.82) is 0 Å². The van der Waals surface area contributed by atoms with E-state index in [2.05, 4.69) is 25.2 Å². The Kier molecular flexibility index (Phi) is 6.38. The van der Waals surface area contributed by atoms with Crippen molar-refractivity contribution in [3.8, 4) is 11.4 Å². The molecule has 3 N–H and O–H groups in total. The molecule has 8 nitrogen and oxygen atoms in total. The molecule has 2 aromatic carbocycles. The minimum atomic E-state index is -3.46. The number of nitrogens with one attached hydrogen (secondary N) is 3. The van der Waals surface area contributed by atoms with Crippen molar-refractivity contribution < 1.29 is 13.2 Å². The molecule has 1 heterocycles. The number of H-pyrrole nitrogens is 1. The van der Waals surface area contributed by atoms with Crippen LogP contribution in [0, 0.1) is 0 Å². The van der Waals surface area contributed by atoms with Crippen LogP contribution in [0.5, 0.6) is 0 Å². The second-order valence-electron chi connectivity index (χ2n) is 8.33. The molecule has 4 rings (SSSR count).